The predicted octanol–water partition coefficient (Wildman–Crippen LogP) is 3.75. The van der Waals surface area contributed by atoms with E-state index in [0.717, 1.165) is 11.1 Å². The molecule has 4 nitrogen and oxygen atoms in total. The third kappa shape index (κ3) is 3.28. The van der Waals surface area contributed by atoms with Crippen molar-refractivity contribution in [3.63, 3.8) is 0 Å². The predicted molar refractivity (Wildman–Crippen MR) is 72.3 cm³/mol. The van der Waals surface area contributed by atoms with Crippen LogP contribution in [0.4, 0.5) is 0 Å². The standard InChI is InChI=1S/C13H11Cl2NO3/c1-18-12(17)5-3-9-7-19-16-13(9)8-2-4-10(14)11(15)6-8/h2,4,6-7H,3,5H2,1H3. The van der Waals surface area contributed by atoms with Crippen LogP contribution in [0, 0.1) is 0 Å². The van der Waals surface area contributed by atoms with Gasteiger partial charge in [-0.25, -0.2) is 0 Å². The molecule has 0 aliphatic carbocycles. The van der Waals surface area contributed by atoms with Crippen molar-refractivity contribution in [2.24, 2.45) is 0 Å². The number of halogens is 2. The Morgan fingerprint density at radius 1 is 1.37 bits per heavy atom. The number of carbonyl (C=O) groups is 1. The molecule has 1 heterocycles. The summed E-state index contributed by atoms with van der Waals surface area (Å²) >= 11 is 11.8. The molecule has 19 heavy (non-hydrogen) atoms. The molecule has 1 aromatic carbocycles. The number of aryl methyl sites for hydroxylation is 1. The van der Waals surface area contributed by atoms with Gasteiger partial charge in [-0.2, -0.15) is 0 Å². The maximum Gasteiger partial charge on any atom is 0.305 e. The number of methoxy groups -OCH3 is 1. The summed E-state index contributed by atoms with van der Waals surface area (Å²) < 4.78 is 9.56. The van der Waals surface area contributed by atoms with Crippen molar-refractivity contribution in [3.05, 3.63) is 40.1 Å². The van der Waals surface area contributed by atoms with Crippen molar-refractivity contribution >= 4 is 29.2 Å². The van der Waals surface area contributed by atoms with Gasteiger partial charge in [0.15, 0.2) is 0 Å². The molecule has 0 fully saturated rings. The fraction of sp³-hybridized carbons (Fsp3) is 0.231. The minimum absolute atomic E-state index is 0.270. The second kappa shape index (κ2) is 6.08. The summed E-state index contributed by atoms with van der Waals surface area (Å²) in [6.07, 6.45) is 2.28. The summed E-state index contributed by atoms with van der Waals surface area (Å²) in [7, 11) is 1.36. The number of rotatable bonds is 4. The monoisotopic (exact) mass is 299 g/mol. The van der Waals surface area contributed by atoms with Gasteiger partial charge in [0.1, 0.15) is 12.0 Å². The lowest BCUT2D eigenvalue weighted by atomic mass is 10.0. The summed E-state index contributed by atoms with van der Waals surface area (Å²) in [6.45, 7) is 0. The van der Waals surface area contributed by atoms with E-state index in [1.165, 1.54) is 13.4 Å². The zero-order valence-electron chi connectivity index (χ0n) is 10.2. The highest BCUT2D eigenvalue weighted by Gasteiger charge is 2.13. The largest absolute Gasteiger partial charge is 0.469 e. The molecular formula is C13H11Cl2NO3. The number of hydrogen-bond acceptors (Lipinski definition) is 4. The van der Waals surface area contributed by atoms with Gasteiger partial charge >= 0.3 is 5.97 Å². The molecule has 0 saturated carbocycles. The fourth-order valence-electron chi connectivity index (χ4n) is 1.65. The molecule has 0 unspecified atom stereocenters. The van der Waals surface area contributed by atoms with Crippen molar-refractivity contribution in [1.82, 2.24) is 5.16 Å². The van der Waals surface area contributed by atoms with Gasteiger partial charge in [-0.15, -0.1) is 0 Å². The minimum atomic E-state index is -0.277. The van der Waals surface area contributed by atoms with Crippen LogP contribution in [0.15, 0.2) is 29.0 Å². The number of aromatic nitrogens is 1. The van der Waals surface area contributed by atoms with Crippen molar-refractivity contribution in [3.8, 4) is 11.3 Å². The maximum absolute atomic E-state index is 11.1. The van der Waals surface area contributed by atoms with Gasteiger partial charge in [0.25, 0.3) is 0 Å². The van der Waals surface area contributed by atoms with Gasteiger partial charge in [-0.3, -0.25) is 4.79 Å². The average Bonchev–Trinajstić information content (AvgIpc) is 2.87. The maximum atomic E-state index is 11.1. The molecule has 2 rings (SSSR count). The van der Waals surface area contributed by atoms with Crippen molar-refractivity contribution < 1.29 is 14.1 Å². The van der Waals surface area contributed by atoms with E-state index < -0.39 is 0 Å². The molecule has 0 N–H and O–H groups in total. The van der Waals surface area contributed by atoms with Crippen molar-refractivity contribution in [1.29, 1.82) is 0 Å². The molecule has 2 aromatic rings. The first-order valence-electron chi connectivity index (χ1n) is 5.57. The average molecular weight is 300 g/mol. The molecule has 0 atom stereocenters. The number of nitrogens with zero attached hydrogens (tertiary/aromatic N) is 1. The molecule has 100 valence electrons. The van der Waals surface area contributed by atoms with Crippen LogP contribution in [0.3, 0.4) is 0 Å². The Morgan fingerprint density at radius 2 is 2.16 bits per heavy atom. The van der Waals surface area contributed by atoms with E-state index in [2.05, 4.69) is 9.89 Å². The van der Waals surface area contributed by atoms with Gasteiger partial charge in [0.2, 0.25) is 0 Å². The van der Waals surface area contributed by atoms with E-state index in [9.17, 15) is 4.79 Å². The number of ether oxygens (including phenoxy) is 1. The van der Waals surface area contributed by atoms with Crippen LogP contribution in [0.1, 0.15) is 12.0 Å². The van der Waals surface area contributed by atoms with E-state index >= 15 is 0 Å². The van der Waals surface area contributed by atoms with Crippen molar-refractivity contribution in [2.45, 2.75) is 12.8 Å². The van der Waals surface area contributed by atoms with Gasteiger partial charge in [0.05, 0.1) is 17.2 Å². The first kappa shape index (κ1) is 13.9. The van der Waals surface area contributed by atoms with Crippen LogP contribution < -0.4 is 0 Å². The highest BCUT2D eigenvalue weighted by molar-refractivity contribution is 6.42. The Labute approximate surface area is 120 Å². The SMILES string of the molecule is COC(=O)CCc1conc1-c1ccc(Cl)c(Cl)c1. The summed E-state index contributed by atoms with van der Waals surface area (Å²) in [5.41, 5.74) is 2.27. The van der Waals surface area contributed by atoms with Crippen LogP contribution in [0.2, 0.25) is 10.0 Å². The van der Waals surface area contributed by atoms with Gasteiger partial charge in [0, 0.05) is 17.5 Å². The van der Waals surface area contributed by atoms with E-state index in [1.807, 2.05) is 0 Å². The van der Waals surface area contributed by atoms with Gasteiger partial charge < -0.3 is 9.26 Å². The smallest absolute Gasteiger partial charge is 0.305 e. The molecule has 0 saturated heterocycles. The Morgan fingerprint density at radius 3 is 2.84 bits per heavy atom. The third-order valence-corrected chi connectivity index (χ3v) is 3.40. The molecule has 6 heteroatoms. The molecule has 0 amide bonds. The Bertz CT molecular complexity index is 595. The number of esters is 1. The molecule has 1 aromatic heterocycles. The lowest BCUT2D eigenvalue weighted by molar-refractivity contribution is -0.140. The Balaban J connectivity index is 2.23. The van der Waals surface area contributed by atoms with Crippen LogP contribution in [-0.4, -0.2) is 18.2 Å². The highest BCUT2D eigenvalue weighted by atomic mass is 35.5. The van der Waals surface area contributed by atoms with Crippen molar-refractivity contribution in [2.75, 3.05) is 7.11 Å². The Kier molecular flexibility index (Phi) is 4.45. The summed E-state index contributed by atoms with van der Waals surface area (Å²) in [5.74, 6) is -0.277. The quantitative estimate of drug-likeness (QED) is 0.807. The molecule has 0 bridgehead atoms. The lowest BCUT2D eigenvalue weighted by Crippen LogP contribution is -2.02. The third-order valence-electron chi connectivity index (χ3n) is 2.66. The summed E-state index contributed by atoms with van der Waals surface area (Å²) in [4.78, 5) is 11.1. The van der Waals surface area contributed by atoms with Crippen LogP contribution in [-0.2, 0) is 16.0 Å². The molecular weight excluding hydrogens is 289 g/mol. The normalized spacial score (nSPS) is 10.5. The van der Waals surface area contributed by atoms with Crippen LogP contribution in [0.25, 0.3) is 11.3 Å². The molecule has 0 radical (unpaired) electrons. The Hall–Kier alpha value is -1.52. The molecule has 0 spiro atoms. The zero-order valence-corrected chi connectivity index (χ0v) is 11.7. The molecule has 0 aliphatic rings. The molecule has 0 aliphatic heterocycles. The second-order valence-electron chi connectivity index (χ2n) is 3.89. The van der Waals surface area contributed by atoms with Crippen LogP contribution in [0.5, 0.6) is 0 Å². The lowest BCUT2D eigenvalue weighted by Gasteiger charge is -2.02. The number of benzene rings is 1. The van der Waals surface area contributed by atoms with E-state index in [-0.39, 0.29) is 12.4 Å². The first-order valence-corrected chi connectivity index (χ1v) is 6.33. The topological polar surface area (TPSA) is 52.3 Å². The van der Waals surface area contributed by atoms with Crippen LogP contribution >= 0.6 is 23.2 Å². The van der Waals surface area contributed by atoms with E-state index in [4.69, 9.17) is 27.7 Å². The van der Waals surface area contributed by atoms with Gasteiger partial charge in [-0.05, 0) is 18.6 Å². The summed E-state index contributed by atoms with van der Waals surface area (Å²) in [6, 6.07) is 5.20. The zero-order chi connectivity index (χ0) is 13.8. The second-order valence-corrected chi connectivity index (χ2v) is 4.71. The number of carbonyl (C=O) groups excluding carboxylic acids is 1. The van der Waals surface area contributed by atoms with E-state index in [0.29, 0.717) is 22.2 Å². The fourth-order valence-corrected chi connectivity index (χ4v) is 1.95. The highest BCUT2D eigenvalue weighted by Crippen LogP contribution is 2.30. The summed E-state index contributed by atoms with van der Waals surface area (Å²) in [5, 5.41) is 4.85. The van der Waals surface area contributed by atoms with Gasteiger partial charge in [-0.1, -0.05) is 34.4 Å². The van der Waals surface area contributed by atoms with E-state index in [1.54, 1.807) is 18.2 Å². The minimum Gasteiger partial charge on any atom is -0.469 e. The first-order chi connectivity index (χ1) is 9.11. The number of hydrogen-bond donors (Lipinski definition) is 0.